The van der Waals surface area contributed by atoms with Gasteiger partial charge in [-0.15, -0.1) is 0 Å². The first kappa shape index (κ1) is 14.6. The smallest absolute Gasteiger partial charge is 0.205 e. The van der Waals surface area contributed by atoms with Gasteiger partial charge in [0.25, 0.3) is 0 Å². The number of aromatic nitrogens is 1. The van der Waals surface area contributed by atoms with Crippen molar-refractivity contribution in [1.29, 1.82) is 10.5 Å². The van der Waals surface area contributed by atoms with Crippen LogP contribution in [0.2, 0.25) is 0 Å². The Balaban J connectivity index is 2.71. The van der Waals surface area contributed by atoms with Gasteiger partial charge >= 0.3 is 0 Å². The van der Waals surface area contributed by atoms with Crippen LogP contribution < -0.4 is 5.73 Å². The summed E-state index contributed by atoms with van der Waals surface area (Å²) in [5.41, 5.74) is 6.90. The zero-order chi connectivity index (χ0) is 15.6. The topological polar surface area (TPSA) is 95.7 Å². The number of pyridine rings is 1. The lowest BCUT2D eigenvalue weighted by Crippen LogP contribution is -2.26. The maximum atomic E-state index is 9.57. The van der Waals surface area contributed by atoms with Gasteiger partial charge in [0.1, 0.15) is 17.4 Å². The molecular formula is C16H16N4O. The fraction of sp³-hybridized carbons (Fsp3) is 0.312. The largest absolute Gasteiger partial charge is 0.443 e. The fourth-order valence-electron chi connectivity index (χ4n) is 2.31. The van der Waals surface area contributed by atoms with Crippen LogP contribution in [-0.2, 0) is 4.74 Å². The van der Waals surface area contributed by atoms with Gasteiger partial charge in [0, 0.05) is 17.8 Å². The molecule has 5 nitrogen and oxygen atoms in total. The molecule has 1 atom stereocenters. The maximum Gasteiger partial charge on any atom is 0.205 e. The molecule has 0 aromatic carbocycles. The molecule has 5 heteroatoms. The Morgan fingerprint density at radius 2 is 1.90 bits per heavy atom. The van der Waals surface area contributed by atoms with E-state index in [4.69, 9.17) is 10.5 Å². The van der Waals surface area contributed by atoms with E-state index in [9.17, 15) is 10.5 Å². The molecule has 1 aromatic heterocycles. The van der Waals surface area contributed by atoms with Crippen LogP contribution in [0.1, 0.15) is 32.3 Å². The van der Waals surface area contributed by atoms with Crippen molar-refractivity contribution in [2.24, 2.45) is 11.1 Å². The Labute approximate surface area is 124 Å². The van der Waals surface area contributed by atoms with Crippen molar-refractivity contribution in [3.05, 3.63) is 52.9 Å². The number of allylic oxidation sites excluding steroid dienone is 3. The zero-order valence-electron chi connectivity index (χ0n) is 12.2. The third-order valence-corrected chi connectivity index (χ3v) is 3.24. The van der Waals surface area contributed by atoms with Crippen LogP contribution in [0.5, 0.6) is 0 Å². The molecule has 2 heterocycles. The standard InChI is InChI=1S/C16H16N4O/c1-16(2,3)14-11(7-17)13(10-5-4-6-20-9-10)12(8-18)15(19)21-14/h4-6,9,13H,19H2,1-3H3/t13-/m1/s1. The minimum Gasteiger partial charge on any atom is -0.443 e. The van der Waals surface area contributed by atoms with Crippen molar-refractivity contribution in [2.45, 2.75) is 26.7 Å². The zero-order valence-corrected chi connectivity index (χ0v) is 12.2. The van der Waals surface area contributed by atoms with Crippen molar-refractivity contribution in [3.8, 4) is 12.1 Å². The Bertz CT molecular complexity index is 697. The molecule has 1 aliphatic heterocycles. The van der Waals surface area contributed by atoms with Gasteiger partial charge in [-0.1, -0.05) is 26.8 Å². The maximum absolute atomic E-state index is 9.57. The Kier molecular flexibility index (Phi) is 3.69. The second-order valence-electron chi connectivity index (χ2n) is 5.82. The third kappa shape index (κ3) is 2.59. The van der Waals surface area contributed by atoms with Gasteiger partial charge in [-0.3, -0.25) is 4.98 Å². The van der Waals surface area contributed by atoms with E-state index in [1.165, 1.54) is 0 Å². The van der Waals surface area contributed by atoms with Gasteiger partial charge in [0.2, 0.25) is 5.88 Å². The highest BCUT2D eigenvalue weighted by Gasteiger charge is 2.37. The van der Waals surface area contributed by atoms with Crippen molar-refractivity contribution in [1.82, 2.24) is 4.98 Å². The average Bonchev–Trinajstić information content (AvgIpc) is 2.46. The second kappa shape index (κ2) is 5.30. The molecule has 0 spiro atoms. The number of nitrogens with zero attached hydrogens (tertiary/aromatic N) is 3. The summed E-state index contributed by atoms with van der Waals surface area (Å²) in [5.74, 6) is 0.0160. The van der Waals surface area contributed by atoms with Gasteiger partial charge in [0.05, 0.1) is 17.6 Å². The summed E-state index contributed by atoms with van der Waals surface area (Å²) in [7, 11) is 0. The predicted molar refractivity (Wildman–Crippen MR) is 77.0 cm³/mol. The highest BCUT2D eigenvalue weighted by molar-refractivity contribution is 5.53. The summed E-state index contributed by atoms with van der Waals surface area (Å²) in [5, 5.41) is 19.0. The number of rotatable bonds is 1. The summed E-state index contributed by atoms with van der Waals surface area (Å²) >= 11 is 0. The van der Waals surface area contributed by atoms with Crippen LogP contribution in [0.3, 0.4) is 0 Å². The third-order valence-electron chi connectivity index (χ3n) is 3.24. The van der Waals surface area contributed by atoms with Crippen molar-refractivity contribution >= 4 is 0 Å². The van der Waals surface area contributed by atoms with Crippen LogP contribution in [0.15, 0.2) is 47.3 Å². The molecule has 2 rings (SSSR count). The van der Waals surface area contributed by atoms with E-state index in [1.54, 1.807) is 18.5 Å². The Morgan fingerprint density at radius 1 is 1.24 bits per heavy atom. The molecule has 0 amide bonds. The lowest BCUT2D eigenvalue weighted by atomic mass is 9.79. The molecule has 106 valence electrons. The second-order valence-corrected chi connectivity index (χ2v) is 5.82. The lowest BCUT2D eigenvalue weighted by molar-refractivity contribution is 0.199. The van der Waals surface area contributed by atoms with Crippen molar-refractivity contribution in [2.75, 3.05) is 0 Å². The van der Waals surface area contributed by atoms with Crippen LogP contribution in [0, 0.1) is 28.1 Å². The molecule has 0 unspecified atom stereocenters. The van der Waals surface area contributed by atoms with Crippen molar-refractivity contribution in [3.63, 3.8) is 0 Å². The number of nitriles is 2. The number of hydrogen-bond acceptors (Lipinski definition) is 5. The van der Waals surface area contributed by atoms with Crippen molar-refractivity contribution < 1.29 is 4.74 Å². The van der Waals surface area contributed by atoms with Gasteiger partial charge in [-0.05, 0) is 11.6 Å². The normalized spacial score (nSPS) is 18.8. The molecular weight excluding hydrogens is 264 g/mol. The Hall–Kier alpha value is -2.79. The van der Waals surface area contributed by atoms with Gasteiger partial charge in [-0.25, -0.2) is 0 Å². The summed E-state index contributed by atoms with van der Waals surface area (Å²) in [6, 6.07) is 7.83. The van der Waals surface area contributed by atoms with Gasteiger partial charge in [-0.2, -0.15) is 10.5 Å². The monoisotopic (exact) mass is 280 g/mol. The lowest BCUT2D eigenvalue weighted by Gasteiger charge is -2.31. The molecule has 0 fully saturated rings. The SMILES string of the molecule is CC(C)(C)C1=C(C#N)[C@@H](c2cccnc2)C(C#N)=C(N)O1. The Morgan fingerprint density at radius 3 is 2.38 bits per heavy atom. The van der Waals surface area contributed by atoms with Crippen LogP contribution in [0.25, 0.3) is 0 Å². The molecule has 1 aliphatic rings. The number of ether oxygens (including phenoxy) is 1. The number of hydrogen-bond donors (Lipinski definition) is 1. The molecule has 0 aliphatic carbocycles. The first-order chi connectivity index (χ1) is 9.90. The van der Waals surface area contributed by atoms with E-state index in [-0.39, 0.29) is 11.5 Å². The van der Waals surface area contributed by atoms with E-state index in [2.05, 4.69) is 17.1 Å². The molecule has 0 radical (unpaired) electrons. The van der Waals surface area contributed by atoms with Crippen LogP contribution >= 0.6 is 0 Å². The first-order valence-corrected chi connectivity index (χ1v) is 6.52. The van der Waals surface area contributed by atoms with E-state index in [0.29, 0.717) is 11.3 Å². The summed E-state index contributed by atoms with van der Waals surface area (Å²) < 4.78 is 5.58. The molecule has 21 heavy (non-hydrogen) atoms. The van der Waals surface area contributed by atoms with Gasteiger partial charge in [0.15, 0.2) is 0 Å². The van der Waals surface area contributed by atoms with E-state index in [0.717, 1.165) is 5.56 Å². The molecule has 1 aromatic rings. The summed E-state index contributed by atoms with van der Waals surface area (Å²) in [6.07, 6.45) is 3.28. The summed E-state index contributed by atoms with van der Waals surface area (Å²) in [4.78, 5) is 4.06. The predicted octanol–water partition coefficient (Wildman–Crippen LogP) is 2.71. The minimum atomic E-state index is -0.531. The molecule has 0 saturated carbocycles. The minimum absolute atomic E-state index is 0.0512. The molecule has 2 N–H and O–H groups in total. The highest BCUT2D eigenvalue weighted by Crippen LogP contribution is 2.43. The molecule has 0 bridgehead atoms. The van der Waals surface area contributed by atoms with Crippen LogP contribution in [0.4, 0.5) is 0 Å². The highest BCUT2D eigenvalue weighted by atomic mass is 16.5. The van der Waals surface area contributed by atoms with Crippen LogP contribution in [-0.4, -0.2) is 4.98 Å². The summed E-state index contributed by atoms with van der Waals surface area (Å²) in [6.45, 7) is 5.81. The van der Waals surface area contributed by atoms with E-state index in [1.807, 2.05) is 26.8 Å². The fourth-order valence-corrected chi connectivity index (χ4v) is 2.31. The van der Waals surface area contributed by atoms with E-state index >= 15 is 0 Å². The van der Waals surface area contributed by atoms with Gasteiger partial charge < -0.3 is 10.5 Å². The first-order valence-electron chi connectivity index (χ1n) is 6.52. The number of nitrogens with two attached hydrogens (primary N) is 1. The quantitative estimate of drug-likeness (QED) is 0.853. The molecule has 0 saturated heterocycles. The average molecular weight is 280 g/mol. The van der Waals surface area contributed by atoms with E-state index < -0.39 is 11.3 Å².